The molecule has 0 saturated carbocycles. The maximum Gasteiger partial charge on any atom is 0.337 e. The van der Waals surface area contributed by atoms with Crippen LogP contribution in [0.15, 0.2) is 30.4 Å². The number of hydrogen-bond donors (Lipinski definition) is 1. The summed E-state index contributed by atoms with van der Waals surface area (Å²) in [5.74, 6) is -3.45. The van der Waals surface area contributed by atoms with Crippen LogP contribution in [0.4, 0.5) is 10.1 Å². The molecule has 86 valence electrons. The van der Waals surface area contributed by atoms with Crippen molar-refractivity contribution in [1.82, 2.24) is 0 Å². The van der Waals surface area contributed by atoms with Gasteiger partial charge in [-0.05, 0) is 18.2 Å². The number of anilines is 1. The van der Waals surface area contributed by atoms with E-state index in [0.29, 0.717) is 4.90 Å². The first-order valence-corrected chi connectivity index (χ1v) is 4.59. The van der Waals surface area contributed by atoms with Gasteiger partial charge in [-0.2, -0.15) is 0 Å². The van der Waals surface area contributed by atoms with E-state index in [4.69, 9.17) is 5.11 Å². The number of aromatic carboxylic acids is 1. The fourth-order valence-electron chi connectivity index (χ4n) is 1.51. The molecule has 0 saturated heterocycles. The quantitative estimate of drug-likeness (QED) is 0.774. The van der Waals surface area contributed by atoms with Crippen molar-refractivity contribution in [2.24, 2.45) is 0 Å². The van der Waals surface area contributed by atoms with Crippen LogP contribution in [0.25, 0.3) is 0 Å². The van der Waals surface area contributed by atoms with Crippen molar-refractivity contribution in [2.75, 3.05) is 4.90 Å². The van der Waals surface area contributed by atoms with Crippen LogP contribution in [0.1, 0.15) is 10.4 Å². The number of carbonyl (C=O) groups is 3. The lowest BCUT2D eigenvalue weighted by atomic mass is 10.1. The summed E-state index contributed by atoms with van der Waals surface area (Å²) in [7, 11) is 0. The van der Waals surface area contributed by atoms with E-state index in [1.54, 1.807) is 0 Å². The van der Waals surface area contributed by atoms with Crippen LogP contribution in [-0.4, -0.2) is 22.9 Å². The van der Waals surface area contributed by atoms with Gasteiger partial charge in [0.2, 0.25) is 0 Å². The van der Waals surface area contributed by atoms with E-state index in [2.05, 4.69) is 0 Å². The number of rotatable bonds is 2. The van der Waals surface area contributed by atoms with Crippen molar-refractivity contribution in [3.05, 3.63) is 41.7 Å². The molecule has 0 bridgehead atoms. The van der Waals surface area contributed by atoms with Crippen molar-refractivity contribution in [2.45, 2.75) is 0 Å². The van der Waals surface area contributed by atoms with Gasteiger partial charge in [-0.15, -0.1) is 0 Å². The first-order chi connectivity index (χ1) is 8.00. The topological polar surface area (TPSA) is 74.7 Å². The fraction of sp³-hybridized carbons (Fsp3) is 0. The first-order valence-electron chi connectivity index (χ1n) is 4.59. The number of carbonyl (C=O) groups excluding carboxylic acids is 2. The molecule has 1 aromatic rings. The lowest BCUT2D eigenvalue weighted by molar-refractivity contribution is -0.119. The number of nitrogens with zero attached hydrogens (tertiary/aromatic N) is 1. The summed E-state index contributed by atoms with van der Waals surface area (Å²) < 4.78 is 13.1. The van der Waals surface area contributed by atoms with Gasteiger partial charge in [0.25, 0.3) is 11.8 Å². The summed E-state index contributed by atoms with van der Waals surface area (Å²) in [4.78, 5) is 34.3. The van der Waals surface area contributed by atoms with Gasteiger partial charge in [0.15, 0.2) is 0 Å². The molecule has 0 fully saturated rings. The maximum absolute atomic E-state index is 13.1. The minimum atomic E-state index is -1.34. The summed E-state index contributed by atoms with van der Waals surface area (Å²) in [6.07, 6.45) is 2.00. The van der Waals surface area contributed by atoms with Crippen molar-refractivity contribution in [3.63, 3.8) is 0 Å². The molecule has 2 amide bonds. The lowest BCUT2D eigenvalue weighted by Gasteiger charge is -2.16. The molecule has 1 aromatic carbocycles. The van der Waals surface area contributed by atoms with Gasteiger partial charge in [0, 0.05) is 12.2 Å². The normalized spacial score (nSPS) is 14.5. The Morgan fingerprint density at radius 2 is 1.76 bits per heavy atom. The average Bonchev–Trinajstić information content (AvgIpc) is 2.58. The second-order valence-corrected chi connectivity index (χ2v) is 3.31. The number of benzene rings is 1. The summed E-state index contributed by atoms with van der Waals surface area (Å²) in [5, 5.41) is 8.90. The molecule has 17 heavy (non-hydrogen) atoms. The van der Waals surface area contributed by atoms with Gasteiger partial charge in [-0.1, -0.05) is 0 Å². The predicted octanol–water partition coefficient (Wildman–Crippen LogP) is 0.953. The van der Waals surface area contributed by atoms with E-state index in [-0.39, 0.29) is 11.3 Å². The Kier molecular flexibility index (Phi) is 2.47. The van der Waals surface area contributed by atoms with E-state index >= 15 is 0 Å². The minimum Gasteiger partial charge on any atom is -0.478 e. The van der Waals surface area contributed by atoms with E-state index in [1.165, 1.54) is 0 Å². The zero-order valence-corrected chi connectivity index (χ0v) is 8.38. The molecule has 1 N–H and O–H groups in total. The van der Waals surface area contributed by atoms with E-state index in [9.17, 15) is 18.8 Å². The molecule has 0 spiro atoms. The summed E-state index contributed by atoms with van der Waals surface area (Å²) in [6.45, 7) is 0. The zero-order valence-electron chi connectivity index (χ0n) is 8.38. The molecule has 0 aromatic heterocycles. The summed E-state index contributed by atoms with van der Waals surface area (Å²) in [5.41, 5.74) is -0.575. The minimum absolute atomic E-state index is 0.266. The van der Waals surface area contributed by atoms with Crippen LogP contribution in [0, 0.1) is 5.82 Å². The number of carboxylic acid groups (broad SMARTS) is 1. The lowest BCUT2D eigenvalue weighted by Crippen LogP contribution is -2.31. The Labute approximate surface area is 94.8 Å². The largest absolute Gasteiger partial charge is 0.478 e. The molecule has 0 unspecified atom stereocenters. The second-order valence-electron chi connectivity index (χ2n) is 3.31. The van der Waals surface area contributed by atoms with Gasteiger partial charge in [-0.3, -0.25) is 9.59 Å². The van der Waals surface area contributed by atoms with Crippen LogP contribution in [-0.2, 0) is 9.59 Å². The SMILES string of the molecule is O=C(O)c1ccc(F)cc1N1C(=O)C=CC1=O. The Morgan fingerprint density at radius 1 is 1.18 bits per heavy atom. The third-order valence-corrected chi connectivity index (χ3v) is 2.24. The van der Waals surface area contributed by atoms with Crippen molar-refractivity contribution < 1.29 is 23.9 Å². The number of halogens is 1. The molecule has 0 atom stereocenters. The fourth-order valence-corrected chi connectivity index (χ4v) is 1.51. The van der Waals surface area contributed by atoms with Gasteiger partial charge in [0.05, 0.1) is 11.3 Å². The highest BCUT2D eigenvalue weighted by Crippen LogP contribution is 2.25. The predicted molar refractivity (Wildman–Crippen MR) is 55.0 cm³/mol. The Hall–Kier alpha value is -2.50. The molecule has 5 nitrogen and oxygen atoms in total. The highest BCUT2D eigenvalue weighted by atomic mass is 19.1. The van der Waals surface area contributed by atoms with Gasteiger partial charge in [-0.25, -0.2) is 14.1 Å². The highest BCUT2D eigenvalue weighted by Gasteiger charge is 2.29. The van der Waals surface area contributed by atoms with Crippen molar-refractivity contribution >= 4 is 23.5 Å². The smallest absolute Gasteiger partial charge is 0.337 e. The molecule has 0 radical (unpaired) electrons. The molecule has 1 aliphatic heterocycles. The standard InChI is InChI=1S/C11H6FNO4/c12-6-1-2-7(11(16)17)8(5-6)13-9(14)3-4-10(13)15/h1-5H,(H,16,17). The Balaban J connectivity index is 2.58. The van der Waals surface area contributed by atoms with Crippen LogP contribution >= 0.6 is 0 Å². The highest BCUT2D eigenvalue weighted by molar-refractivity contribution is 6.29. The first kappa shape index (κ1) is 11.0. The van der Waals surface area contributed by atoms with Crippen LogP contribution < -0.4 is 4.90 Å². The van der Waals surface area contributed by atoms with Crippen molar-refractivity contribution in [1.29, 1.82) is 0 Å². The van der Waals surface area contributed by atoms with E-state index < -0.39 is 23.6 Å². The third kappa shape index (κ3) is 1.80. The Bertz CT molecular complexity index is 547. The number of carboxylic acids is 1. The third-order valence-electron chi connectivity index (χ3n) is 2.24. The molecular formula is C11H6FNO4. The van der Waals surface area contributed by atoms with Crippen LogP contribution in [0.5, 0.6) is 0 Å². The number of hydrogen-bond acceptors (Lipinski definition) is 3. The van der Waals surface area contributed by atoms with E-state index in [1.807, 2.05) is 0 Å². The molecule has 2 rings (SSSR count). The average molecular weight is 235 g/mol. The van der Waals surface area contributed by atoms with E-state index in [0.717, 1.165) is 30.4 Å². The van der Waals surface area contributed by atoms with Gasteiger partial charge in [0.1, 0.15) is 5.82 Å². The summed E-state index contributed by atoms with van der Waals surface area (Å²) in [6, 6.07) is 2.80. The molecule has 1 aliphatic rings. The maximum atomic E-state index is 13.1. The molecule has 6 heteroatoms. The number of amides is 2. The van der Waals surface area contributed by atoms with Crippen LogP contribution in [0.3, 0.4) is 0 Å². The summed E-state index contributed by atoms with van der Waals surface area (Å²) >= 11 is 0. The van der Waals surface area contributed by atoms with Gasteiger partial charge >= 0.3 is 5.97 Å². The molecule has 1 heterocycles. The number of imide groups is 1. The zero-order chi connectivity index (χ0) is 12.6. The Morgan fingerprint density at radius 3 is 2.29 bits per heavy atom. The second kappa shape index (κ2) is 3.82. The van der Waals surface area contributed by atoms with Crippen molar-refractivity contribution in [3.8, 4) is 0 Å². The monoisotopic (exact) mass is 235 g/mol. The molecule has 0 aliphatic carbocycles. The van der Waals surface area contributed by atoms with Crippen LogP contribution in [0.2, 0.25) is 0 Å². The van der Waals surface area contributed by atoms with Gasteiger partial charge < -0.3 is 5.11 Å². The molecular weight excluding hydrogens is 229 g/mol.